The molecule has 0 bridgehead atoms. The van der Waals surface area contributed by atoms with E-state index in [4.69, 9.17) is 13.9 Å². The molecule has 0 saturated heterocycles. The molecule has 0 atom stereocenters. The molecule has 128 valence electrons. The summed E-state index contributed by atoms with van der Waals surface area (Å²) in [6.07, 6.45) is 0.745. The molecule has 0 fully saturated rings. The first-order chi connectivity index (χ1) is 11.6. The molecule has 6 nitrogen and oxygen atoms in total. The first-order valence-electron chi connectivity index (χ1n) is 7.70. The Hall–Kier alpha value is -2.60. The summed E-state index contributed by atoms with van der Waals surface area (Å²) >= 11 is 0. The molecule has 1 aromatic carbocycles. The van der Waals surface area contributed by atoms with E-state index in [0.717, 1.165) is 6.42 Å². The summed E-state index contributed by atoms with van der Waals surface area (Å²) in [5, 5.41) is 2.75. The number of benzene rings is 1. The van der Waals surface area contributed by atoms with Crippen molar-refractivity contribution in [2.24, 2.45) is 0 Å². The molecular weight excluding hydrogens is 310 g/mol. The highest BCUT2D eigenvalue weighted by Gasteiger charge is 2.11. The van der Waals surface area contributed by atoms with E-state index in [-0.39, 0.29) is 24.1 Å². The van der Waals surface area contributed by atoms with E-state index in [9.17, 15) is 9.59 Å². The summed E-state index contributed by atoms with van der Waals surface area (Å²) in [4.78, 5) is 23.1. The number of carbonyl (C=O) groups is 2. The highest BCUT2D eigenvalue weighted by atomic mass is 16.5. The van der Waals surface area contributed by atoms with Crippen molar-refractivity contribution in [2.45, 2.75) is 20.0 Å². The minimum absolute atomic E-state index is 0.00809. The monoisotopic (exact) mass is 331 g/mol. The number of amides is 1. The zero-order valence-corrected chi connectivity index (χ0v) is 13.8. The first-order valence-corrected chi connectivity index (χ1v) is 7.70. The number of methoxy groups -OCH3 is 1. The van der Waals surface area contributed by atoms with E-state index in [1.54, 1.807) is 43.5 Å². The van der Waals surface area contributed by atoms with Gasteiger partial charge in [-0.1, -0.05) is 0 Å². The lowest BCUT2D eigenvalue weighted by Crippen LogP contribution is -2.24. The molecule has 2 aromatic rings. The molecule has 0 unspecified atom stereocenters. The van der Waals surface area contributed by atoms with Crippen LogP contribution >= 0.6 is 0 Å². The van der Waals surface area contributed by atoms with Gasteiger partial charge in [-0.2, -0.15) is 0 Å². The number of nitrogens with one attached hydrogen (secondary N) is 1. The average Bonchev–Trinajstić information content (AvgIpc) is 3.06. The quantitative estimate of drug-likeness (QED) is 0.565. The summed E-state index contributed by atoms with van der Waals surface area (Å²) in [6.45, 7) is 2.85. The second-order valence-electron chi connectivity index (χ2n) is 5.24. The molecule has 1 aromatic heterocycles. The van der Waals surface area contributed by atoms with Crippen molar-refractivity contribution in [1.82, 2.24) is 5.32 Å². The third-order valence-corrected chi connectivity index (χ3v) is 3.34. The molecule has 1 N–H and O–H groups in total. The lowest BCUT2D eigenvalue weighted by molar-refractivity contribution is 0.0916. The Morgan fingerprint density at radius 2 is 1.88 bits per heavy atom. The standard InChI is InChI=1S/C18H21NO5/c1-13(20)14-4-6-15(7-5-14)23-12-16-8-9-17(24-16)18(21)19-10-3-11-22-2/h4-9H,3,10-12H2,1-2H3,(H,19,21). The predicted molar refractivity (Wildman–Crippen MR) is 88.3 cm³/mol. The van der Waals surface area contributed by atoms with Gasteiger partial charge in [0.25, 0.3) is 5.91 Å². The van der Waals surface area contributed by atoms with Gasteiger partial charge in [-0.05, 0) is 49.7 Å². The number of ketones is 1. The average molecular weight is 331 g/mol. The van der Waals surface area contributed by atoms with Crippen LogP contribution in [0.1, 0.15) is 40.0 Å². The molecule has 0 aliphatic rings. The molecule has 0 spiro atoms. The van der Waals surface area contributed by atoms with E-state index in [1.165, 1.54) is 6.92 Å². The Morgan fingerprint density at radius 3 is 2.54 bits per heavy atom. The van der Waals surface area contributed by atoms with Crippen molar-refractivity contribution in [3.05, 3.63) is 53.5 Å². The zero-order chi connectivity index (χ0) is 17.4. The maximum Gasteiger partial charge on any atom is 0.286 e. The van der Waals surface area contributed by atoms with Gasteiger partial charge in [-0.3, -0.25) is 9.59 Å². The fraction of sp³-hybridized carbons (Fsp3) is 0.333. The summed E-state index contributed by atoms with van der Waals surface area (Å²) in [6, 6.07) is 10.2. The van der Waals surface area contributed by atoms with E-state index >= 15 is 0 Å². The highest BCUT2D eigenvalue weighted by Crippen LogP contribution is 2.16. The van der Waals surface area contributed by atoms with Gasteiger partial charge in [0.15, 0.2) is 11.5 Å². The van der Waals surface area contributed by atoms with E-state index < -0.39 is 0 Å². The van der Waals surface area contributed by atoms with Gasteiger partial charge in [-0.25, -0.2) is 0 Å². The van der Waals surface area contributed by atoms with Crippen molar-refractivity contribution in [3.63, 3.8) is 0 Å². The van der Waals surface area contributed by atoms with Gasteiger partial charge in [-0.15, -0.1) is 0 Å². The van der Waals surface area contributed by atoms with Crippen molar-refractivity contribution >= 4 is 11.7 Å². The third kappa shape index (κ3) is 5.24. The molecule has 1 amide bonds. The largest absolute Gasteiger partial charge is 0.486 e. The predicted octanol–water partition coefficient (Wildman–Crippen LogP) is 2.83. The van der Waals surface area contributed by atoms with Gasteiger partial charge < -0.3 is 19.2 Å². The number of hydrogen-bond donors (Lipinski definition) is 1. The topological polar surface area (TPSA) is 77.8 Å². The Balaban J connectivity index is 1.82. The SMILES string of the molecule is COCCCNC(=O)c1ccc(COc2ccc(C(C)=O)cc2)o1. The van der Waals surface area contributed by atoms with Crippen LogP contribution in [0.2, 0.25) is 0 Å². The second-order valence-corrected chi connectivity index (χ2v) is 5.24. The van der Waals surface area contributed by atoms with Crippen LogP contribution in [0.5, 0.6) is 5.75 Å². The Bertz CT molecular complexity index is 675. The van der Waals surface area contributed by atoms with Crippen LogP contribution in [0.25, 0.3) is 0 Å². The van der Waals surface area contributed by atoms with Crippen LogP contribution in [0, 0.1) is 0 Å². The second kappa shape index (κ2) is 8.88. The fourth-order valence-electron chi connectivity index (χ4n) is 2.02. The van der Waals surface area contributed by atoms with Gasteiger partial charge in [0.2, 0.25) is 0 Å². The van der Waals surface area contributed by atoms with Crippen molar-refractivity contribution in [2.75, 3.05) is 20.3 Å². The molecule has 1 heterocycles. The van der Waals surface area contributed by atoms with Crippen molar-refractivity contribution in [1.29, 1.82) is 0 Å². The first kappa shape index (κ1) is 17.7. The fourth-order valence-corrected chi connectivity index (χ4v) is 2.02. The van der Waals surface area contributed by atoms with Gasteiger partial charge in [0.05, 0.1) is 0 Å². The number of Topliss-reactive ketones (excluding diaryl/α,β-unsaturated/α-hetero) is 1. The van der Waals surface area contributed by atoms with Gasteiger partial charge >= 0.3 is 0 Å². The normalized spacial score (nSPS) is 10.4. The molecule has 0 radical (unpaired) electrons. The van der Waals surface area contributed by atoms with Crippen LogP contribution in [-0.4, -0.2) is 32.0 Å². The summed E-state index contributed by atoms with van der Waals surface area (Å²) in [5.74, 6) is 1.17. The smallest absolute Gasteiger partial charge is 0.286 e. The van der Waals surface area contributed by atoms with E-state index in [2.05, 4.69) is 5.32 Å². The lowest BCUT2D eigenvalue weighted by atomic mass is 10.1. The lowest BCUT2D eigenvalue weighted by Gasteiger charge is -2.05. The summed E-state index contributed by atoms with van der Waals surface area (Å²) in [5.41, 5.74) is 0.632. The molecule has 2 rings (SSSR count). The van der Waals surface area contributed by atoms with E-state index in [1.807, 2.05) is 0 Å². The molecular formula is C18H21NO5. The molecule has 6 heteroatoms. The Labute approximate surface area is 140 Å². The maximum absolute atomic E-state index is 11.9. The van der Waals surface area contributed by atoms with Crippen molar-refractivity contribution < 1.29 is 23.5 Å². The molecule has 24 heavy (non-hydrogen) atoms. The number of hydrogen-bond acceptors (Lipinski definition) is 5. The highest BCUT2D eigenvalue weighted by molar-refractivity contribution is 5.94. The number of ether oxygens (including phenoxy) is 2. The molecule has 0 saturated carbocycles. The number of furan rings is 1. The Morgan fingerprint density at radius 1 is 1.12 bits per heavy atom. The molecule has 0 aliphatic carbocycles. The van der Waals surface area contributed by atoms with Gasteiger partial charge in [0.1, 0.15) is 18.1 Å². The number of rotatable bonds is 9. The van der Waals surface area contributed by atoms with Crippen LogP contribution in [0.4, 0.5) is 0 Å². The summed E-state index contributed by atoms with van der Waals surface area (Å²) < 4.78 is 16.0. The van der Waals surface area contributed by atoms with Crippen LogP contribution in [0.15, 0.2) is 40.8 Å². The van der Waals surface area contributed by atoms with Crippen LogP contribution in [0.3, 0.4) is 0 Å². The summed E-state index contributed by atoms with van der Waals surface area (Å²) in [7, 11) is 1.62. The van der Waals surface area contributed by atoms with Crippen LogP contribution in [-0.2, 0) is 11.3 Å². The third-order valence-electron chi connectivity index (χ3n) is 3.34. The number of carbonyl (C=O) groups excluding carboxylic acids is 2. The van der Waals surface area contributed by atoms with Crippen LogP contribution < -0.4 is 10.1 Å². The zero-order valence-electron chi connectivity index (χ0n) is 13.8. The van der Waals surface area contributed by atoms with Crippen molar-refractivity contribution in [3.8, 4) is 5.75 Å². The minimum atomic E-state index is -0.261. The maximum atomic E-state index is 11.9. The molecule has 0 aliphatic heterocycles. The Kier molecular flexibility index (Phi) is 6.57. The van der Waals surface area contributed by atoms with Gasteiger partial charge in [0, 0.05) is 25.8 Å². The van der Waals surface area contributed by atoms with E-state index in [0.29, 0.717) is 30.2 Å². The minimum Gasteiger partial charge on any atom is -0.486 e.